The van der Waals surface area contributed by atoms with Crippen molar-refractivity contribution in [2.45, 2.75) is 13.8 Å². The SMILES string of the molecule is C[C-]=NOc1nc(C)ncc1N(OC)C(=O)OC.[Y]. The van der Waals surface area contributed by atoms with E-state index >= 15 is 0 Å². The largest absolute Gasteiger partial charge is 0.451 e. The van der Waals surface area contributed by atoms with Gasteiger partial charge in [0.1, 0.15) is 5.82 Å². The van der Waals surface area contributed by atoms with E-state index in [2.05, 4.69) is 26.1 Å². The van der Waals surface area contributed by atoms with E-state index in [0.29, 0.717) is 5.82 Å². The van der Waals surface area contributed by atoms with E-state index in [9.17, 15) is 4.79 Å². The van der Waals surface area contributed by atoms with Crippen LogP contribution < -0.4 is 9.90 Å². The monoisotopic (exact) mass is 342 g/mol. The van der Waals surface area contributed by atoms with Crippen molar-refractivity contribution in [1.82, 2.24) is 9.97 Å². The summed E-state index contributed by atoms with van der Waals surface area (Å²) in [7, 11) is 2.53. The van der Waals surface area contributed by atoms with Crippen molar-refractivity contribution in [3.8, 4) is 5.88 Å². The Morgan fingerprint density at radius 2 is 2.16 bits per heavy atom. The predicted octanol–water partition coefficient (Wildman–Crippen LogP) is 1.18. The molecule has 1 aromatic heterocycles. The Hall–Kier alpha value is -1.12. The molecule has 1 amide bonds. The van der Waals surface area contributed by atoms with Gasteiger partial charge in [0.2, 0.25) is 0 Å². The first-order valence-electron chi connectivity index (χ1n) is 4.93. The van der Waals surface area contributed by atoms with E-state index in [4.69, 9.17) is 9.68 Å². The molecule has 0 saturated carbocycles. The average Bonchev–Trinajstić information content (AvgIpc) is 2.38. The Morgan fingerprint density at radius 3 is 2.68 bits per heavy atom. The summed E-state index contributed by atoms with van der Waals surface area (Å²) >= 11 is 0. The van der Waals surface area contributed by atoms with Gasteiger partial charge in [-0.05, 0) is 6.92 Å². The van der Waals surface area contributed by atoms with Crippen LogP contribution in [0.2, 0.25) is 0 Å². The van der Waals surface area contributed by atoms with E-state index in [1.807, 2.05) is 0 Å². The molecule has 0 spiro atoms. The van der Waals surface area contributed by atoms with E-state index in [0.717, 1.165) is 5.06 Å². The molecule has 0 atom stereocenters. The van der Waals surface area contributed by atoms with Crippen molar-refractivity contribution in [1.29, 1.82) is 0 Å². The normalized spacial score (nSPS) is 9.89. The van der Waals surface area contributed by atoms with Crippen molar-refractivity contribution in [3.05, 3.63) is 12.0 Å². The molecule has 1 rings (SSSR count). The quantitative estimate of drug-likeness (QED) is 0.464. The fourth-order valence-electron chi connectivity index (χ4n) is 1.09. The number of rotatable bonds is 4. The molecular weight excluding hydrogens is 329 g/mol. The number of anilines is 1. The van der Waals surface area contributed by atoms with Gasteiger partial charge in [0.25, 0.3) is 5.88 Å². The summed E-state index contributed by atoms with van der Waals surface area (Å²) in [5.74, 6) is 0.519. The molecule has 0 N–H and O–H groups in total. The molecule has 0 aliphatic heterocycles. The van der Waals surface area contributed by atoms with E-state index in [1.54, 1.807) is 13.8 Å². The third-order valence-corrected chi connectivity index (χ3v) is 1.82. The van der Waals surface area contributed by atoms with Gasteiger partial charge in [0, 0.05) is 32.7 Å². The molecule has 0 aliphatic carbocycles. The van der Waals surface area contributed by atoms with Crippen LogP contribution in [0, 0.1) is 6.92 Å². The number of carbonyl (C=O) groups is 1. The van der Waals surface area contributed by atoms with Gasteiger partial charge in [0.15, 0.2) is 5.69 Å². The Balaban J connectivity index is 0.00000324. The predicted molar refractivity (Wildman–Crippen MR) is 62.4 cm³/mol. The number of amides is 1. The van der Waals surface area contributed by atoms with Crippen LogP contribution in [0.25, 0.3) is 0 Å². The van der Waals surface area contributed by atoms with Gasteiger partial charge in [-0.1, -0.05) is 0 Å². The zero-order valence-corrected chi connectivity index (χ0v) is 13.9. The molecule has 0 aromatic carbocycles. The van der Waals surface area contributed by atoms with Crippen LogP contribution in [0.1, 0.15) is 12.7 Å². The van der Waals surface area contributed by atoms with Gasteiger partial charge in [-0.25, -0.2) is 9.78 Å². The van der Waals surface area contributed by atoms with Gasteiger partial charge < -0.3 is 20.9 Å². The topological polar surface area (TPSA) is 86.1 Å². The summed E-state index contributed by atoms with van der Waals surface area (Å²) in [5.41, 5.74) is 0.175. The summed E-state index contributed by atoms with van der Waals surface area (Å²) in [6, 6.07) is 0. The van der Waals surface area contributed by atoms with Crippen molar-refractivity contribution in [2.24, 2.45) is 5.16 Å². The zero-order chi connectivity index (χ0) is 13.5. The summed E-state index contributed by atoms with van der Waals surface area (Å²) in [4.78, 5) is 29.3. The molecule has 0 aliphatic rings. The van der Waals surface area contributed by atoms with Crippen LogP contribution in [-0.2, 0) is 42.3 Å². The number of methoxy groups -OCH3 is 1. The maximum absolute atomic E-state index is 11.5. The minimum Gasteiger partial charge on any atom is -0.451 e. The Kier molecular flexibility index (Phi) is 8.37. The van der Waals surface area contributed by atoms with Crippen LogP contribution in [0.15, 0.2) is 11.4 Å². The smallest absolute Gasteiger partial charge is 0.438 e. The molecule has 8 nitrogen and oxygen atoms in total. The molecule has 1 heterocycles. The molecule has 1 aromatic rings. The Bertz CT molecular complexity index is 455. The summed E-state index contributed by atoms with van der Waals surface area (Å²) in [5, 5.41) is 4.32. The Morgan fingerprint density at radius 1 is 1.47 bits per heavy atom. The van der Waals surface area contributed by atoms with Gasteiger partial charge in [-0.2, -0.15) is 11.9 Å². The van der Waals surface area contributed by atoms with Crippen LogP contribution >= 0.6 is 0 Å². The fourth-order valence-corrected chi connectivity index (χ4v) is 1.09. The summed E-state index contributed by atoms with van der Waals surface area (Å²) < 4.78 is 4.55. The number of ether oxygens (including phenoxy) is 1. The first-order chi connectivity index (χ1) is 8.63. The Labute approximate surface area is 136 Å². The van der Waals surface area contributed by atoms with Gasteiger partial charge in [-0.15, -0.1) is 5.06 Å². The van der Waals surface area contributed by atoms with Crippen LogP contribution in [0.4, 0.5) is 10.5 Å². The first-order valence-corrected chi connectivity index (χ1v) is 4.93. The number of aromatic nitrogens is 2. The third-order valence-electron chi connectivity index (χ3n) is 1.82. The maximum Gasteiger partial charge on any atom is 0.438 e. The number of nitrogens with zero attached hydrogens (tertiary/aromatic N) is 4. The van der Waals surface area contributed by atoms with Crippen LogP contribution in [0.3, 0.4) is 0 Å². The second-order valence-electron chi connectivity index (χ2n) is 2.96. The van der Waals surface area contributed by atoms with Gasteiger partial charge >= 0.3 is 6.09 Å². The molecule has 0 saturated heterocycles. The number of hydrogen-bond acceptors (Lipinski definition) is 7. The molecule has 0 bridgehead atoms. The van der Waals surface area contributed by atoms with Crippen molar-refractivity contribution >= 4 is 18.0 Å². The van der Waals surface area contributed by atoms with Crippen molar-refractivity contribution < 1.29 is 51.9 Å². The number of hydroxylamine groups is 1. The summed E-state index contributed by atoms with van der Waals surface area (Å²) in [6.07, 6.45) is 3.06. The summed E-state index contributed by atoms with van der Waals surface area (Å²) in [6.45, 7) is 3.23. The minimum absolute atomic E-state index is 0. The van der Waals surface area contributed by atoms with E-state index in [1.165, 1.54) is 20.4 Å². The third kappa shape index (κ3) is 4.81. The standard InChI is InChI=1S/C10H13N4O4.Y/c1-5-12-18-9-8(6-11-7(2)13-9)14(17-4)10(15)16-3;/h6H,1-4H3;/q-1;. The zero-order valence-electron chi connectivity index (χ0n) is 11.1. The molecular formula is C10H13N4O4Y-. The van der Waals surface area contributed by atoms with Crippen molar-refractivity contribution in [2.75, 3.05) is 19.3 Å². The molecule has 1 radical (unpaired) electrons. The second-order valence-corrected chi connectivity index (χ2v) is 2.96. The molecule has 0 fully saturated rings. The molecule has 0 unspecified atom stereocenters. The van der Waals surface area contributed by atoms with Crippen LogP contribution in [0.5, 0.6) is 5.88 Å². The molecule has 9 heteroatoms. The molecule has 19 heavy (non-hydrogen) atoms. The number of aryl methyl sites for hydroxylation is 1. The number of carbonyl (C=O) groups excluding carboxylic acids is 1. The maximum atomic E-state index is 11.5. The van der Waals surface area contributed by atoms with Crippen LogP contribution in [-0.4, -0.2) is 36.5 Å². The van der Waals surface area contributed by atoms with Gasteiger partial charge in [-0.3, -0.25) is 4.84 Å². The number of hydrogen-bond donors (Lipinski definition) is 0. The van der Waals surface area contributed by atoms with Gasteiger partial charge in [0.05, 0.1) is 20.4 Å². The first kappa shape index (κ1) is 17.9. The average molecular weight is 342 g/mol. The van der Waals surface area contributed by atoms with E-state index < -0.39 is 6.09 Å². The van der Waals surface area contributed by atoms with Crippen molar-refractivity contribution in [3.63, 3.8) is 0 Å². The second kappa shape index (κ2) is 8.89. The fraction of sp³-hybridized carbons (Fsp3) is 0.400. The minimum atomic E-state index is -0.737. The molecule has 101 valence electrons. The van der Waals surface area contributed by atoms with E-state index in [-0.39, 0.29) is 44.3 Å².